The van der Waals surface area contributed by atoms with Crippen LogP contribution in [0.3, 0.4) is 0 Å². The smallest absolute Gasteiger partial charge is 0.264 e. The van der Waals surface area contributed by atoms with Crippen molar-refractivity contribution in [2.75, 3.05) is 10.0 Å². The zero-order chi connectivity index (χ0) is 22.7. The molecule has 1 amide bonds. The number of hydrogen-bond donors (Lipinski definition) is 3. The molecule has 11 heteroatoms. The third kappa shape index (κ3) is 5.06. The van der Waals surface area contributed by atoms with Crippen molar-refractivity contribution in [2.45, 2.75) is 29.1 Å². The molecule has 9 nitrogen and oxygen atoms in total. The second-order valence-corrected chi connectivity index (χ2v) is 10.0. The highest BCUT2D eigenvalue weighted by molar-refractivity contribution is 8.00. The van der Waals surface area contributed by atoms with Crippen molar-refractivity contribution in [2.24, 2.45) is 0 Å². The molecule has 0 spiro atoms. The summed E-state index contributed by atoms with van der Waals surface area (Å²) in [6, 6.07) is 13.4. The van der Waals surface area contributed by atoms with Gasteiger partial charge < -0.3 is 10.3 Å². The average molecular weight is 469 g/mol. The standard InChI is InChI=1S/C21H20N6O3S2/c1-13-4-9-17-18(12-13)26-21(25-17)31-14(2)19(28)24-15-5-7-16(8-6-15)32(29,30)27-20-22-10-3-11-23-20/h3-12,14H,1-2H3,(H,24,28)(H,25,26)(H,22,23,27)/t14-/m0/s1. The molecule has 2 heterocycles. The second-order valence-electron chi connectivity index (χ2n) is 7.01. The third-order valence-electron chi connectivity index (χ3n) is 4.50. The van der Waals surface area contributed by atoms with Crippen LogP contribution >= 0.6 is 11.8 Å². The molecule has 0 radical (unpaired) electrons. The fourth-order valence-electron chi connectivity index (χ4n) is 2.87. The number of carbonyl (C=O) groups excluding carboxylic acids is 1. The minimum Gasteiger partial charge on any atom is -0.333 e. The molecular weight excluding hydrogens is 448 g/mol. The minimum absolute atomic E-state index is 0.0172. The van der Waals surface area contributed by atoms with Crippen molar-refractivity contribution in [1.29, 1.82) is 0 Å². The number of imidazole rings is 1. The highest BCUT2D eigenvalue weighted by Gasteiger charge is 2.18. The van der Waals surface area contributed by atoms with Gasteiger partial charge in [-0.3, -0.25) is 4.79 Å². The molecule has 0 unspecified atom stereocenters. The predicted molar refractivity (Wildman–Crippen MR) is 124 cm³/mol. The number of benzene rings is 2. The number of H-pyrrole nitrogens is 1. The first-order valence-corrected chi connectivity index (χ1v) is 12.0. The Balaban J connectivity index is 1.39. The molecule has 0 aliphatic carbocycles. The molecule has 0 aliphatic rings. The molecule has 1 atom stereocenters. The van der Waals surface area contributed by atoms with Gasteiger partial charge in [0, 0.05) is 18.1 Å². The fraction of sp³-hybridized carbons (Fsp3) is 0.143. The second kappa shape index (κ2) is 8.97. The van der Waals surface area contributed by atoms with Gasteiger partial charge in [0.05, 0.1) is 21.2 Å². The van der Waals surface area contributed by atoms with Crippen molar-refractivity contribution in [1.82, 2.24) is 19.9 Å². The maximum Gasteiger partial charge on any atom is 0.264 e. The van der Waals surface area contributed by atoms with Crippen LogP contribution in [-0.4, -0.2) is 39.5 Å². The molecule has 4 aromatic rings. The van der Waals surface area contributed by atoms with Gasteiger partial charge in [0.25, 0.3) is 10.0 Å². The van der Waals surface area contributed by atoms with Crippen molar-refractivity contribution in [3.8, 4) is 0 Å². The van der Waals surface area contributed by atoms with Crippen LogP contribution in [0, 0.1) is 6.92 Å². The molecule has 0 bridgehead atoms. The van der Waals surface area contributed by atoms with Crippen molar-refractivity contribution in [3.05, 3.63) is 66.5 Å². The Morgan fingerprint density at radius 3 is 2.53 bits per heavy atom. The molecule has 0 aliphatic heterocycles. The van der Waals surface area contributed by atoms with Gasteiger partial charge in [0.15, 0.2) is 5.16 Å². The number of aromatic amines is 1. The zero-order valence-electron chi connectivity index (χ0n) is 17.2. The summed E-state index contributed by atoms with van der Waals surface area (Å²) < 4.78 is 27.2. The van der Waals surface area contributed by atoms with E-state index in [4.69, 9.17) is 0 Å². The lowest BCUT2D eigenvalue weighted by atomic mass is 10.2. The van der Waals surface area contributed by atoms with Gasteiger partial charge >= 0.3 is 0 Å². The molecule has 0 fully saturated rings. The fourth-order valence-corrected chi connectivity index (χ4v) is 4.65. The van der Waals surface area contributed by atoms with Crippen LogP contribution in [0.1, 0.15) is 12.5 Å². The van der Waals surface area contributed by atoms with Crippen molar-refractivity contribution >= 4 is 50.4 Å². The number of nitrogens with zero attached hydrogens (tertiary/aromatic N) is 3. The minimum atomic E-state index is -3.84. The van der Waals surface area contributed by atoms with Gasteiger partial charge in [-0.15, -0.1) is 0 Å². The van der Waals surface area contributed by atoms with Gasteiger partial charge in [-0.1, -0.05) is 17.8 Å². The first-order chi connectivity index (χ1) is 15.3. The summed E-state index contributed by atoms with van der Waals surface area (Å²) in [5.74, 6) is -0.241. The lowest BCUT2D eigenvalue weighted by Gasteiger charge is -2.11. The van der Waals surface area contributed by atoms with E-state index in [0.717, 1.165) is 16.6 Å². The molecule has 0 saturated heterocycles. The lowest BCUT2D eigenvalue weighted by Crippen LogP contribution is -2.22. The van der Waals surface area contributed by atoms with Gasteiger partial charge in [-0.25, -0.2) is 28.1 Å². The molecule has 32 heavy (non-hydrogen) atoms. The molecule has 2 aromatic carbocycles. The number of carbonyl (C=O) groups is 1. The highest BCUT2D eigenvalue weighted by atomic mass is 32.2. The number of sulfonamides is 1. The molecule has 2 aromatic heterocycles. The van der Waals surface area contributed by atoms with E-state index in [1.165, 1.54) is 48.4 Å². The maximum absolute atomic E-state index is 12.6. The Hall–Kier alpha value is -3.44. The Labute approximate surface area is 189 Å². The Morgan fingerprint density at radius 2 is 1.81 bits per heavy atom. The van der Waals surface area contributed by atoms with Crippen LogP contribution in [0.2, 0.25) is 0 Å². The van der Waals surface area contributed by atoms with Gasteiger partial charge in [-0.05, 0) is 61.9 Å². The summed E-state index contributed by atoms with van der Waals surface area (Å²) >= 11 is 1.31. The van der Waals surface area contributed by atoms with Gasteiger partial charge in [-0.2, -0.15) is 0 Å². The SMILES string of the molecule is Cc1ccc2nc(S[C@@H](C)C(=O)Nc3ccc(S(=O)(=O)Nc4ncccn4)cc3)[nH]c2c1. The largest absolute Gasteiger partial charge is 0.333 e. The predicted octanol–water partition coefficient (Wildman–Crippen LogP) is 3.58. The third-order valence-corrected chi connectivity index (χ3v) is 6.83. The quantitative estimate of drug-likeness (QED) is 0.353. The number of aryl methyl sites for hydroxylation is 1. The van der Waals surface area contributed by atoms with E-state index in [1.807, 2.05) is 25.1 Å². The van der Waals surface area contributed by atoms with E-state index in [0.29, 0.717) is 10.8 Å². The highest BCUT2D eigenvalue weighted by Crippen LogP contribution is 2.25. The summed E-state index contributed by atoms with van der Waals surface area (Å²) in [5.41, 5.74) is 3.38. The summed E-state index contributed by atoms with van der Waals surface area (Å²) in [7, 11) is -3.84. The van der Waals surface area contributed by atoms with E-state index in [2.05, 4.69) is 30.0 Å². The topological polar surface area (TPSA) is 130 Å². The zero-order valence-corrected chi connectivity index (χ0v) is 18.9. The number of anilines is 2. The molecular formula is C21H20N6O3S2. The van der Waals surface area contributed by atoms with Crippen molar-refractivity contribution < 1.29 is 13.2 Å². The lowest BCUT2D eigenvalue weighted by molar-refractivity contribution is -0.115. The Bertz CT molecular complexity index is 1360. The summed E-state index contributed by atoms with van der Waals surface area (Å²) in [6.07, 6.45) is 2.88. The van der Waals surface area contributed by atoms with Crippen molar-refractivity contribution in [3.63, 3.8) is 0 Å². The van der Waals surface area contributed by atoms with Crippen LogP contribution in [0.5, 0.6) is 0 Å². The number of nitrogens with one attached hydrogen (secondary N) is 3. The molecule has 164 valence electrons. The number of aromatic nitrogens is 4. The van der Waals surface area contributed by atoms with E-state index in [-0.39, 0.29) is 16.8 Å². The Morgan fingerprint density at radius 1 is 1.09 bits per heavy atom. The normalized spacial score (nSPS) is 12.4. The Kier molecular flexibility index (Phi) is 6.10. The van der Waals surface area contributed by atoms with Crippen LogP contribution in [0.15, 0.2) is 71.0 Å². The van der Waals surface area contributed by atoms with Gasteiger partial charge in [0.1, 0.15) is 0 Å². The van der Waals surface area contributed by atoms with E-state index >= 15 is 0 Å². The maximum atomic E-state index is 12.6. The molecule has 4 rings (SSSR count). The monoisotopic (exact) mass is 468 g/mol. The first-order valence-electron chi connectivity index (χ1n) is 9.64. The first kappa shape index (κ1) is 21.8. The van der Waals surface area contributed by atoms with E-state index < -0.39 is 15.3 Å². The van der Waals surface area contributed by atoms with E-state index in [1.54, 1.807) is 13.0 Å². The van der Waals surface area contributed by atoms with Crippen LogP contribution in [-0.2, 0) is 14.8 Å². The number of rotatable bonds is 7. The number of fused-ring (bicyclic) bond motifs is 1. The van der Waals surface area contributed by atoms with Gasteiger partial charge in [0.2, 0.25) is 11.9 Å². The number of thioether (sulfide) groups is 1. The summed E-state index contributed by atoms with van der Waals surface area (Å²) in [4.78, 5) is 28.0. The number of amides is 1. The van der Waals surface area contributed by atoms with Crippen LogP contribution in [0.4, 0.5) is 11.6 Å². The average Bonchev–Trinajstić information content (AvgIpc) is 3.15. The molecule has 3 N–H and O–H groups in total. The van der Waals surface area contributed by atoms with Crippen LogP contribution < -0.4 is 10.0 Å². The summed E-state index contributed by atoms with van der Waals surface area (Å²) in [5, 5.41) is 3.03. The number of hydrogen-bond acceptors (Lipinski definition) is 7. The molecule has 0 saturated carbocycles. The van der Waals surface area contributed by atoms with Crippen LogP contribution in [0.25, 0.3) is 11.0 Å². The van der Waals surface area contributed by atoms with E-state index in [9.17, 15) is 13.2 Å². The summed E-state index contributed by atoms with van der Waals surface area (Å²) in [6.45, 7) is 3.78.